The van der Waals surface area contributed by atoms with Crippen LogP contribution in [0, 0.1) is 25.5 Å². The predicted octanol–water partition coefficient (Wildman–Crippen LogP) is 6.21. The van der Waals surface area contributed by atoms with Gasteiger partial charge in [0.1, 0.15) is 11.5 Å². The lowest BCUT2D eigenvalue weighted by Gasteiger charge is -2.25. The fraction of sp³-hybridized carbons (Fsp3) is 0.242. The monoisotopic (exact) mass is 601 g/mol. The summed E-state index contributed by atoms with van der Waals surface area (Å²) in [5.74, 6) is -1.03. The lowest BCUT2D eigenvalue weighted by molar-refractivity contribution is 0.0775. The number of hydrogen-bond donors (Lipinski definition) is 3. The Bertz CT molecular complexity index is 1880. The van der Waals surface area contributed by atoms with E-state index in [-0.39, 0.29) is 6.54 Å². The van der Waals surface area contributed by atoms with Gasteiger partial charge in [-0.15, -0.1) is 5.10 Å². The Labute approximate surface area is 253 Å². The highest BCUT2D eigenvalue weighted by Crippen LogP contribution is 2.39. The second-order valence-corrected chi connectivity index (χ2v) is 11.0. The van der Waals surface area contributed by atoms with Crippen LogP contribution in [0.25, 0.3) is 16.8 Å². The quantitative estimate of drug-likeness (QED) is 0.184. The van der Waals surface area contributed by atoms with Crippen LogP contribution in [0.15, 0.2) is 60.8 Å². The lowest BCUT2D eigenvalue weighted by atomic mass is 9.90. The Morgan fingerprint density at radius 2 is 1.73 bits per heavy atom. The summed E-state index contributed by atoms with van der Waals surface area (Å²) in [4.78, 5) is 17.5. The van der Waals surface area contributed by atoms with E-state index in [9.17, 15) is 18.7 Å². The Hall–Kier alpha value is -5.03. The maximum absolute atomic E-state index is 13.5. The van der Waals surface area contributed by atoms with Gasteiger partial charge in [0.25, 0.3) is 5.91 Å². The van der Waals surface area contributed by atoms with E-state index in [0.29, 0.717) is 39.9 Å². The van der Waals surface area contributed by atoms with Crippen LogP contribution in [-0.2, 0) is 12.1 Å². The Balaban J connectivity index is 1.38. The molecule has 0 unspecified atom stereocenters. The number of methoxy groups -OCH3 is 2. The van der Waals surface area contributed by atoms with Crippen molar-refractivity contribution in [2.75, 3.05) is 19.5 Å². The molecule has 2 aromatic heterocycles. The van der Waals surface area contributed by atoms with Crippen molar-refractivity contribution in [1.82, 2.24) is 19.9 Å². The van der Waals surface area contributed by atoms with Gasteiger partial charge in [-0.1, -0.05) is 18.2 Å². The SMILES string of the molecule is COc1cc(-c2ccc3nc(Nc4c(C)cc(C(C)(C)O)c(C)c4OC)nn3c2)ccc1C(=O)NCc1ccc(F)c(F)c1. The first kappa shape index (κ1) is 30.4. The number of aromatic nitrogens is 3. The van der Waals surface area contributed by atoms with Gasteiger partial charge in [0.2, 0.25) is 5.95 Å². The van der Waals surface area contributed by atoms with Gasteiger partial charge < -0.3 is 25.2 Å². The van der Waals surface area contributed by atoms with Crippen LogP contribution in [0.2, 0.25) is 0 Å². The van der Waals surface area contributed by atoms with Gasteiger partial charge in [0.05, 0.1) is 31.1 Å². The predicted molar refractivity (Wildman–Crippen MR) is 163 cm³/mol. The van der Waals surface area contributed by atoms with E-state index in [0.717, 1.165) is 39.9 Å². The van der Waals surface area contributed by atoms with Crippen molar-refractivity contribution in [3.05, 3.63) is 100 Å². The Morgan fingerprint density at radius 1 is 0.977 bits per heavy atom. The molecule has 3 aromatic carbocycles. The minimum atomic E-state index is -1.03. The molecule has 5 aromatic rings. The number of benzene rings is 3. The molecule has 0 bridgehead atoms. The number of pyridine rings is 1. The summed E-state index contributed by atoms with van der Waals surface area (Å²) in [6.07, 6.45) is 1.82. The van der Waals surface area contributed by atoms with Gasteiger partial charge >= 0.3 is 0 Å². The standard InChI is InChI=1S/C33H33F2N5O4/c1-18-13-24(33(3,4)42)19(2)30(44-6)29(18)38-32-37-28-12-9-22(17-40(28)39-32)21-8-10-23(27(15-21)43-5)31(41)36-16-20-7-11-25(34)26(35)14-20/h7-15,17,42H,16H2,1-6H3,(H,36,41)(H,38,39). The molecule has 0 aliphatic rings. The number of halogens is 2. The van der Waals surface area contributed by atoms with Gasteiger partial charge in [0.15, 0.2) is 17.3 Å². The summed E-state index contributed by atoms with van der Waals surface area (Å²) in [5, 5.41) is 21.2. The van der Waals surface area contributed by atoms with Gasteiger partial charge in [-0.3, -0.25) is 4.79 Å². The number of anilines is 2. The molecule has 0 atom stereocenters. The van der Waals surface area contributed by atoms with Crippen molar-refractivity contribution in [3.63, 3.8) is 0 Å². The van der Waals surface area contributed by atoms with Gasteiger partial charge in [-0.2, -0.15) is 4.98 Å². The number of nitrogens with zero attached hydrogens (tertiary/aromatic N) is 3. The number of nitrogens with one attached hydrogen (secondary N) is 2. The van der Waals surface area contributed by atoms with E-state index in [2.05, 4.69) is 20.7 Å². The second kappa shape index (κ2) is 11.9. The molecular weight excluding hydrogens is 568 g/mol. The summed E-state index contributed by atoms with van der Waals surface area (Å²) >= 11 is 0. The van der Waals surface area contributed by atoms with E-state index in [1.807, 2.05) is 38.2 Å². The first-order chi connectivity index (χ1) is 20.9. The first-order valence-electron chi connectivity index (χ1n) is 13.8. The number of aryl methyl sites for hydroxylation is 1. The van der Waals surface area contributed by atoms with Crippen molar-refractivity contribution in [2.45, 2.75) is 39.8 Å². The molecule has 11 heteroatoms. The van der Waals surface area contributed by atoms with Crippen molar-refractivity contribution in [2.24, 2.45) is 0 Å². The largest absolute Gasteiger partial charge is 0.496 e. The van der Waals surface area contributed by atoms with Gasteiger partial charge in [0, 0.05) is 18.3 Å². The fourth-order valence-corrected chi connectivity index (χ4v) is 5.14. The van der Waals surface area contributed by atoms with E-state index in [1.54, 1.807) is 43.7 Å². The molecule has 2 heterocycles. The molecule has 0 aliphatic carbocycles. The molecule has 0 aliphatic heterocycles. The summed E-state index contributed by atoms with van der Waals surface area (Å²) < 4.78 is 39.6. The van der Waals surface area contributed by atoms with Crippen LogP contribution in [-0.4, -0.2) is 39.8 Å². The first-order valence-corrected chi connectivity index (χ1v) is 13.8. The third-order valence-electron chi connectivity index (χ3n) is 7.37. The van der Waals surface area contributed by atoms with Crippen LogP contribution in [0.4, 0.5) is 20.4 Å². The summed E-state index contributed by atoms with van der Waals surface area (Å²) in [7, 11) is 3.05. The Kier molecular flexibility index (Phi) is 8.25. The third kappa shape index (κ3) is 6.04. The zero-order valence-electron chi connectivity index (χ0n) is 25.3. The number of hydrogen-bond acceptors (Lipinski definition) is 7. The Morgan fingerprint density at radius 3 is 2.41 bits per heavy atom. The second-order valence-electron chi connectivity index (χ2n) is 11.0. The number of aliphatic hydroxyl groups is 1. The minimum Gasteiger partial charge on any atom is -0.496 e. The van der Waals surface area contributed by atoms with Crippen LogP contribution in [0.5, 0.6) is 11.5 Å². The van der Waals surface area contributed by atoms with E-state index in [4.69, 9.17) is 9.47 Å². The van der Waals surface area contributed by atoms with E-state index >= 15 is 0 Å². The van der Waals surface area contributed by atoms with Crippen molar-refractivity contribution in [3.8, 4) is 22.6 Å². The number of fused-ring (bicyclic) bond motifs is 1. The summed E-state index contributed by atoms with van der Waals surface area (Å²) in [6, 6.07) is 14.3. The number of ether oxygens (including phenoxy) is 2. The molecule has 0 fully saturated rings. The van der Waals surface area contributed by atoms with Crippen LogP contribution < -0.4 is 20.1 Å². The molecule has 0 radical (unpaired) electrons. The third-order valence-corrected chi connectivity index (χ3v) is 7.37. The van der Waals surface area contributed by atoms with Gasteiger partial charge in [-0.25, -0.2) is 13.3 Å². The van der Waals surface area contributed by atoms with Gasteiger partial charge in [-0.05, 0) is 91.9 Å². The highest BCUT2D eigenvalue weighted by molar-refractivity contribution is 5.97. The van der Waals surface area contributed by atoms with Crippen LogP contribution in [0.1, 0.15) is 46.5 Å². The molecule has 0 saturated carbocycles. The normalized spacial score (nSPS) is 11.5. The highest BCUT2D eigenvalue weighted by atomic mass is 19.2. The van der Waals surface area contributed by atoms with Crippen molar-refractivity contribution in [1.29, 1.82) is 0 Å². The maximum atomic E-state index is 13.5. The highest BCUT2D eigenvalue weighted by Gasteiger charge is 2.24. The average Bonchev–Trinajstić information content (AvgIpc) is 3.40. The molecular formula is C33H33F2N5O4. The minimum absolute atomic E-state index is 0.0226. The number of carbonyl (C=O) groups excluding carboxylic acids is 1. The molecule has 44 heavy (non-hydrogen) atoms. The molecule has 1 amide bonds. The lowest BCUT2D eigenvalue weighted by Crippen LogP contribution is -2.23. The zero-order valence-corrected chi connectivity index (χ0v) is 25.3. The average molecular weight is 602 g/mol. The molecule has 5 rings (SSSR count). The zero-order chi connectivity index (χ0) is 31.8. The van der Waals surface area contributed by atoms with Crippen LogP contribution >= 0.6 is 0 Å². The smallest absolute Gasteiger partial charge is 0.255 e. The summed E-state index contributed by atoms with van der Waals surface area (Å²) in [5.41, 5.74) is 5.04. The van der Waals surface area contributed by atoms with E-state index in [1.165, 1.54) is 13.2 Å². The van der Waals surface area contributed by atoms with Crippen LogP contribution in [0.3, 0.4) is 0 Å². The molecule has 9 nitrogen and oxygen atoms in total. The number of rotatable bonds is 9. The van der Waals surface area contributed by atoms with Crippen molar-refractivity contribution >= 4 is 23.2 Å². The summed E-state index contributed by atoms with van der Waals surface area (Å²) in [6.45, 7) is 7.32. The maximum Gasteiger partial charge on any atom is 0.255 e. The fourth-order valence-electron chi connectivity index (χ4n) is 5.14. The molecule has 3 N–H and O–H groups in total. The topological polar surface area (TPSA) is 110 Å². The number of amides is 1. The van der Waals surface area contributed by atoms with E-state index < -0.39 is 23.1 Å². The molecule has 0 spiro atoms. The molecule has 0 saturated heterocycles. The van der Waals surface area contributed by atoms with Crippen molar-refractivity contribution < 1.29 is 28.2 Å². The molecule has 228 valence electrons. The number of carbonyl (C=O) groups is 1.